The number of carbonyl (C=O) groups excluding carboxylic acids is 1. The molecule has 30 heavy (non-hydrogen) atoms. The molecule has 0 spiro atoms. The molecule has 1 N–H and O–H groups in total. The van der Waals surface area contributed by atoms with Gasteiger partial charge in [-0.2, -0.15) is 4.31 Å². The first kappa shape index (κ1) is 23.0. The van der Waals surface area contributed by atoms with E-state index in [2.05, 4.69) is 5.32 Å². The Kier molecular flexibility index (Phi) is 7.09. The van der Waals surface area contributed by atoms with Crippen molar-refractivity contribution in [2.45, 2.75) is 31.7 Å². The number of morpholine rings is 1. The number of amides is 1. The highest BCUT2D eigenvalue weighted by Crippen LogP contribution is 2.31. The molecule has 3 rings (SSSR count). The van der Waals surface area contributed by atoms with Gasteiger partial charge in [0.1, 0.15) is 4.90 Å². The maximum absolute atomic E-state index is 13.0. The predicted molar refractivity (Wildman–Crippen MR) is 118 cm³/mol. The average Bonchev–Trinajstić information content (AvgIpc) is 2.70. The highest BCUT2D eigenvalue weighted by Gasteiger charge is 2.30. The standard InChI is InChI=1S/C21H24Cl2N2O4S/c1-13-4-5-14(2)16(10-13)15(3)24-21(26)17-11-20(19(23)12-18(17)22)30(27,28)25-6-8-29-9-7-25/h4-5,10-12,15H,6-9H2,1-3H3,(H,24,26)/t15-/m0/s1. The lowest BCUT2D eigenvalue weighted by atomic mass is 9.99. The second-order valence-electron chi connectivity index (χ2n) is 7.33. The molecule has 1 aliphatic rings. The fraction of sp³-hybridized carbons (Fsp3) is 0.381. The average molecular weight is 471 g/mol. The van der Waals surface area contributed by atoms with Gasteiger partial charge in [0.15, 0.2) is 0 Å². The zero-order valence-corrected chi connectivity index (χ0v) is 19.4. The molecule has 9 heteroatoms. The molecular formula is C21H24Cl2N2O4S. The molecule has 162 valence electrons. The van der Waals surface area contributed by atoms with Crippen LogP contribution in [-0.4, -0.2) is 44.9 Å². The van der Waals surface area contributed by atoms with Crippen molar-refractivity contribution in [3.05, 3.63) is 62.6 Å². The van der Waals surface area contributed by atoms with E-state index in [0.29, 0.717) is 13.2 Å². The summed E-state index contributed by atoms with van der Waals surface area (Å²) in [6.45, 7) is 6.90. The van der Waals surface area contributed by atoms with Gasteiger partial charge in [0.2, 0.25) is 10.0 Å². The SMILES string of the molecule is Cc1ccc(C)c([C@H](C)NC(=O)c2cc(S(=O)(=O)N3CCOCC3)c(Cl)cc2Cl)c1. The first-order valence-corrected chi connectivity index (χ1v) is 11.8. The maximum atomic E-state index is 13.0. The molecule has 0 aromatic heterocycles. The third-order valence-electron chi connectivity index (χ3n) is 5.10. The fourth-order valence-electron chi connectivity index (χ4n) is 3.41. The van der Waals surface area contributed by atoms with Gasteiger partial charge in [-0.25, -0.2) is 8.42 Å². The smallest absolute Gasteiger partial charge is 0.253 e. The summed E-state index contributed by atoms with van der Waals surface area (Å²) in [5, 5.41) is 2.97. The van der Waals surface area contributed by atoms with Gasteiger partial charge in [-0.1, -0.05) is 47.0 Å². The number of nitrogens with zero attached hydrogens (tertiary/aromatic N) is 1. The van der Waals surface area contributed by atoms with Crippen LogP contribution in [-0.2, 0) is 14.8 Å². The number of rotatable bonds is 5. The third-order valence-corrected chi connectivity index (χ3v) is 7.78. The first-order chi connectivity index (χ1) is 14.1. The van der Waals surface area contributed by atoms with Crippen molar-refractivity contribution in [3.8, 4) is 0 Å². The molecule has 2 aromatic carbocycles. The van der Waals surface area contributed by atoms with Crippen LogP contribution < -0.4 is 5.32 Å². The summed E-state index contributed by atoms with van der Waals surface area (Å²) in [5.74, 6) is -0.469. The topological polar surface area (TPSA) is 75.7 Å². The normalized spacial score (nSPS) is 16.3. The molecule has 1 saturated heterocycles. The molecule has 0 unspecified atom stereocenters. The molecule has 1 heterocycles. The van der Waals surface area contributed by atoms with E-state index in [0.717, 1.165) is 16.7 Å². The Morgan fingerprint density at radius 1 is 1.10 bits per heavy atom. The first-order valence-electron chi connectivity index (χ1n) is 9.56. The van der Waals surface area contributed by atoms with E-state index in [1.807, 2.05) is 39.0 Å². The van der Waals surface area contributed by atoms with E-state index in [9.17, 15) is 13.2 Å². The molecule has 1 aliphatic heterocycles. The summed E-state index contributed by atoms with van der Waals surface area (Å²) >= 11 is 12.4. The minimum atomic E-state index is -3.88. The van der Waals surface area contributed by atoms with Gasteiger partial charge in [-0.3, -0.25) is 4.79 Å². The molecule has 0 saturated carbocycles. The Bertz CT molecular complexity index is 1070. The van der Waals surface area contributed by atoms with E-state index in [1.165, 1.54) is 16.4 Å². The van der Waals surface area contributed by atoms with Gasteiger partial charge in [-0.05, 0) is 44.0 Å². The van der Waals surface area contributed by atoms with Crippen LogP contribution in [0.2, 0.25) is 10.0 Å². The lowest BCUT2D eigenvalue weighted by Gasteiger charge is -2.26. The van der Waals surface area contributed by atoms with Gasteiger partial charge in [0.05, 0.1) is 34.9 Å². The van der Waals surface area contributed by atoms with Crippen LogP contribution in [0, 0.1) is 13.8 Å². The predicted octanol–water partition coefficient (Wildman–Crippen LogP) is 4.12. The molecule has 6 nitrogen and oxygen atoms in total. The van der Waals surface area contributed by atoms with Crippen molar-refractivity contribution >= 4 is 39.1 Å². The van der Waals surface area contributed by atoms with Crippen LogP contribution in [0.3, 0.4) is 0 Å². The van der Waals surface area contributed by atoms with Crippen LogP contribution in [0.4, 0.5) is 0 Å². The van der Waals surface area contributed by atoms with Crippen molar-refractivity contribution in [2.75, 3.05) is 26.3 Å². The van der Waals surface area contributed by atoms with Crippen molar-refractivity contribution < 1.29 is 17.9 Å². The Balaban J connectivity index is 1.91. The fourth-order valence-corrected chi connectivity index (χ4v) is 5.65. The van der Waals surface area contributed by atoms with Gasteiger partial charge in [0.25, 0.3) is 5.91 Å². The summed E-state index contributed by atoms with van der Waals surface area (Å²) in [4.78, 5) is 12.8. The summed E-state index contributed by atoms with van der Waals surface area (Å²) in [6.07, 6.45) is 0. The van der Waals surface area contributed by atoms with Gasteiger partial charge >= 0.3 is 0 Å². The van der Waals surface area contributed by atoms with E-state index in [-0.39, 0.29) is 39.6 Å². The number of hydrogen-bond acceptors (Lipinski definition) is 4. The molecule has 0 aliphatic carbocycles. The van der Waals surface area contributed by atoms with Crippen molar-refractivity contribution in [1.29, 1.82) is 0 Å². The number of hydrogen-bond donors (Lipinski definition) is 1. The Morgan fingerprint density at radius 3 is 2.43 bits per heavy atom. The largest absolute Gasteiger partial charge is 0.379 e. The number of halogens is 2. The number of ether oxygens (including phenoxy) is 1. The molecule has 0 radical (unpaired) electrons. The highest BCUT2D eigenvalue weighted by molar-refractivity contribution is 7.89. The second-order valence-corrected chi connectivity index (χ2v) is 10.1. The highest BCUT2D eigenvalue weighted by atomic mass is 35.5. The van der Waals surface area contributed by atoms with E-state index in [4.69, 9.17) is 27.9 Å². The third kappa shape index (κ3) is 4.81. The minimum Gasteiger partial charge on any atom is -0.379 e. The molecule has 1 fully saturated rings. The van der Waals surface area contributed by atoms with Crippen LogP contribution in [0.15, 0.2) is 35.2 Å². The second kappa shape index (κ2) is 9.24. The lowest BCUT2D eigenvalue weighted by molar-refractivity contribution is 0.0730. The molecule has 0 bridgehead atoms. The van der Waals surface area contributed by atoms with Gasteiger partial charge in [0, 0.05) is 13.1 Å². The number of carbonyl (C=O) groups is 1. The lowest BCUT2D eigenvalue weighted by Crippen LogP contribution is -2.40. The van der Waals surface area contributed by atoms with Crippen LogP contribution in [0.1, 0.15) is 40.0 Å². The molecule has 2 aromatic rings. The Hall–Kier alpha value is -1.64. The molecular weight excluding hydrogens is 447 g/mol. The quantitative estimate of drug-likeness (QED) is 0.712. The summed E-state index contributed by atoms with van der Waals surface area (Å²) in [7, 11) is -3.88. The summed E-state index contributed by atoms with van der Waals surface area (Å²) in [6, 6.07) is 8.28. The van der Waals surface area contributed by atoms with E-state index >= 15 is 0 Å². The molecule has 1 amide bonds. The van der Waals surface area contributed by atoms with Crippen LogP contribution >= 0.6 is 23.2 Å². The number of sulfonamides is 1. The maximum Gasteiger partial charge on any atom is 0.253 e. The van der Waals surface area contributed by atoms with Crippen molar-refractivity contribution in [1.82, 2.24) is 9.62 Å². The van der Waals surface area contributed by atoms with Crippen LogP contribution in [0.25, 0.3) is 0 Å². The van der Waals surface area contributed by atoms with Crippen LogP contribution in [0.5, 0.6) is 0 Å². The van der Waals surface area contributed by atoms with Crippen molar-refractivity contribution in [2.24, 2.45) is 0 Å². The van der Waals surface area contributed by atoms with Crippen molar-refractivity contribution in [3.63, 3.8) is 0 Å². The summed E-state index contributed by atoms with van der Waals surface area (Å²) in [5.41, 5.74) is 3.17. The summed E-state index contributed by atoms with van der Waals surface area (Å²) < 4.78 is 32.6. The molecule has 1 atom stereocenters. The monoisotopic (exact) mass is 470 g/mol. The Labute approximate surface area is 187 Å². The number of nitrogens with one attached hydrogen (secondary N) is 1. The van der Waals surface area contributed by atoms with Gasteiger partial charge in [-0.15, -0.1) is 0 Å². The minimum absolute atomic E-state index is 0.0226. The van der Waals surface area contributed by atoms with E-state index in [1.54, 1.807) is 0 Å². The zero-order chi connectivity index (χ0) is 22.1. The number of benzene rings is 2. The zero-order valence-electron chi connectivity index (χ0n) is 17.0. The number of aryl methyl sites for hydroxylation is 2. The van der Waals surface area contributed by atoms with Gasteiger partial charge < -0.3 is 10.1 Å². The van der Waals surface area contributed by atoms with E-state index < -0.39 is 15.9 Å². The Morgan fingerprint density at radius 2 is 1.77 bits per heavy atom.